The highest BCUT2D eigenvalue weighted by Gasteiger charge is 2.18. The molecule has 2 unspecified atom stereocenters. The van der Waals surface area contributed by atoms with Gasteiger partial charge in [0.15, 0.2) is 0 Å². The van der Waals surface area contributed by atoms with Crippen LogP contribution in [0.4, 0.5) is 0 Å². The lowest BCUT2D eigenvalue weighted by Gasteiger charge is -2.15. The van der Waals surface area contributed by atoms with Gasteiger partial charge in [0, 0.05) is 0 Å². The van der Waals surface area contributed by atoms with E-state index in [1.807, 2.05) is 12.1 Å². The molecule has 1 aromatic rings. The second kappa shape index (κ2) is 6.40. The van der Waals surface area contributed by atoms with Gasteiger partial charge in [0.05, 0.1) is 7.11 Å². The number of benzene rings is 1. The van der Waals surface area contributed by atoms with Crippen molar-refractivity contribution >= 4 is 5.97 Å². The fraction of sp³-hybridized carbons (Fsp3) is 0.500. The summed E-state index contributed by atoms with van der Waals surface area (Å²) in [5, 5.41) is 2.96. The van der Waals surface area contributed by atoms with Crippen molar-refractivity contribution in [2.45, 2.75) is 32.2 Å². The highest BCUT2D eigenvalue weighted by molar-refractivity contribution is 5.77. The molecule has 0 spiro atoms. The van der Waals surface area contributed by atoms with Crippen LogP contribution >= 0.6 is 0 Å². The molecule has 0 saturated carbocycles. The number of hydrogen-bond donors (Lipinski definition) is 1. The zero-order valence-corrected chi connectivity index (χ0v) is 11.0. The number of carbonyl (C=O) groups is 1. The van der Waals surface area contributed by atoms with Crippen LogP contribution in [0.1, 0.15) is 43.4 Å². The zero-order valence-electron chi connectivity index (χ0n) is 11.0. The predicted molar refractivity (Wildman–Crippen MR) is 69.0 cm³/mol. The Morgan fingerprint density at radius 3 is 2.24 bits per heavy atom. The van der Waals surface area contributed by atoms with Gasteiger partial charge in [-0.15, -0.1) is 0 Å². The summed E-state index contributed by atoms with van der Waals surface area (Å²) in [4.78, 5) is 11.5. The molecule has 2 atom stereocenters. The van der Waals surface area contributed by atoms with Gasteiger partial charge in [-0.3, -0.25) is 0 Å². The van der Waals surface area contributed by atoms with Gasteiger partial charge < -0.3 is 10.1 Å². The number of methoxy groups -OCH3 is 1. The van der Waals surface area contributed by atoms with Gasteiger partial charge in [0.1, 0.15) is 6.04 Å². The highest BCUT2D eigenvalue weighted by atomic mass is 16.5. The maximum absolute atomic E-state index is 11.5. The van der Waals surface area contributed by atoms with Gasteiger partial charge >= 0.3 is 5.97 Å². The first kappa shape index (κ1) is 13.7. The molecule has 1 N–H and O–H groups in total. The summed E-state index contributed by atoms with van der Waals surface area (Å²) in [7, 11) is 3.16. The fourth-order valence-electron chi connectivity index (χ4n) is 1.79. The van der Waals surface area contributed by atoms with E-state index < -0.39 is 0 Å². The number of hydrogen-bond acceptors (Lipinski definition) is 3. The molecule has 0 heterocycles. The van der Waals surface area contributed by atoms with E-state index in [0.717, 1.165) is 12.0 Å². The van der Waals surface area contributed by atoms with Crippen molar-refractivity contribution in [1.82, 2.24) is 5.32 Å². The first-order valence-electron chi connectivity index (χ1n) is 5.99. The minimum Gasteiger partial charge on any atom is -0.468 e. The van der Waals surface area contributed by atoms with Gasteiger partial charge in [0.2, 0.25) is 0 Å². The van der Waals surface area contributed by atoms with Crippen LogP contribution < -0.4 is 5.32 Å². The van der Waals surface area contributed by atoms with Crippen molar-refractivity contribution in [3.63, 3.8) is 0 Å². The van der Waals surface area contributed by atoms with Crippen LogP contribution in [-0.4, -0.2) is 20.1 Å². The van der Waals surface area contributed by atoms with E-state index in [1.165, 1.54) is 12.7 Å². The molecule has 3 heteroatoms. The van der Waals surface area contributed by atoms with E-state index in [1.54, 1.807) is 7.05 Å². The van der Waals surface area contributed by atoms with Crippen LogP contribution in [0.3, 0.4) is 0 Å². The van der Waals surface area contributed by atoms with E-state index in [2.05, 4.69) is 31.3 Å². The minimum absolute atomic E-state index is 0.260. The molecule has 0 aliphatic heterocycles. The summed E-state index contributed by atoms with van der Waals surface area (Å²) in [5.74, 6) is 0.291. The smallest absolute Gasteiger partial charge is 0.327 e. The Hall–Kier alpha value is -1.35. The first-order valence-corrected chi connectivity index (χ1v) is 5.99. The quantitative estimate of drug-likeness (QED) is 0.797. The lowest BCUT2D eigenvalue weighted by Crippen LogP contribution is -2.26. The molecule has 94 valence electrons. The fourth-order valence-corrected chi connectivity index (χ4v) is 1.79. The summed E-state index contributed by atoms with van der Waals surface area (Å²) in [6.07, 6.45) is 1.12. The standard InChI is InChI=1S/C14H21NO2/c1-5-10(2)11-6-8-12(9-7-11)13(15-3)14(16)17-4/h6-10,13,15H,5H2,1-4H3. The van der Waals surface area contributed by atoms with E-state index >= 15 is 0 Å². The van der Waals surface area contributed by atoms with E-state index in [-0.39, 0.29) is 12.0 Å². The number of nitrogens with one attached hydrogen (secondary N) is 1. The Bertz CT molecular complexity index is 359. The van der Waals surface area contributed by atoms with Crippen LogP contribution in [0.5, 0.6) is 0 Å². The molecule has 3 nitrogen and oxygen atoms in total. The predicted octanol–water partition coefficient (Wildman–Crippen LogP) is 2.63. The largest absolute Gasteiger partial charge is 0.468 e. The van der Waals surface area contributed by atoms with Crippen molar-refractivity contribution in [2.75, 3.05) is 14.2 Å². The summed E-state index contributed by atoms with van der Waals surface area (Å²) in [6, 6.07) is 7.75. The average Bonchev–Trinajstić information content (AvgIpc) is 2.39. The molecule has 0 aromatic heterocycles. The van der Waals surface area contributed by atoms with Crippen molar-refractivity contribution in [1.29, 1.82) is 0 Å². The molecule has 0 bridgehead atoms. The number of carbonyl (C=O) groups excluding carboxylic acids is 1. The summed E-state index contributed by atoms with van der Waals surface area (Å²) in [6.45, 7) is 4.37. The Labute approximate surface area is 103 Å². The first-order chi connectivity index (χ1) is 8.13. The van der Waals surface area contributed by atoms with Crippen molar-refractivity contribution in [3.05, 3.63) is 35.4 Å². The van der Waals surface area contributed by atoms with E-state index in [4.69, 9.17) is 4.74 Å². The molecule has 0 aliphatic carbocycles. The summed E-state index contributed by atoms with van der Waals surface area (Å²) in [5.41, 5.74) is 2.24. The van der Waals surface area contributed by atoms with Crippen molar-refractivity contribution < 1.29 is 9.53 Å². The lowest BCUT2D eigenvalue weighted by molar-refractivity contribution is -0.143. The molecular formula is C14H21NO2. The van der Waals surface area contributed by atoms with Crippen molar-refractivity contribution in [2.24, 2.45) is 0 Å². The average molecular weight is 235 g/mol. The van der Waals surface area contributed by atoms with Crippen LogP contribution in [0, 0.1) is 0 Å². The van der Waals surface area contributed by atoms with Gasteiger partial charge in [-0.1, -0.05) is 38.1 Å². The number of ether oxygens (including phenoxy) is 1. The van der Waals surface area contributed by atoms with E-state index in [0.29, 0.717) is 5.92 Å². The third-order valence-electron chi connectivity index (χ3n) is 3.18. The second-order valence-corrected chi connectivity index (χ2v) is 4.22. The molecule has 0 fully saturated rings. The monoisotopic (exact) mass is 235 g/mol. The number of esters is 1. The lowest BCUT2D eigenvalue weighted by atomic mass is 9.96. The van der Waals surface area contributed by atoms with Crippen LogP contribution in [0.15, 0.2) is 24.3 Å². The summed E-state index contributed by atoms with van der Waals surface area (Å²) >= 11 is 0. The molecule has 0 aliphatic rings. The third-order valence-corrected chi connectivity index (χ3v) is 3.18. The van der Waals surface area contributed by atoms with Crippen LogP contribution in [-0.2, 0) is 9.53 Å². The Morgan fingerprint density at radius 1 is 1.29 bits per heavy atom. The SMILES string of the molecule is CCC(C)c1ccc(C(NC)C(=O)OC)cc1. The molecule has 1 aromatic carbocycles. The van der Waals surface area contributed by atoms with Gasteiger partial charge in [-0.2, -0.15) is 0 Å². The Morgan fingerprint density at radius 2 is 1.82 bits per heavy atom. The molecule has 0 amide bonds. The maximum Gasteiger partial charge on any atom is 0.327 e. The molecule has 0 saturated heterocycles. The Kier molecular flexibility index (Phi) is 5.16. The highest BCUT2D eigenvalue weighted by Crippen LogP contribution is 2.21. The van der Waals surface area contributed by atoms with Crippen molar-refractivity contribution in [3.8, 4) is 0 Å². The molecule has 0 radical (unpaired) electrons. The van der Waals surface area contributed by atoms with Crippen LogP contribution in [0.25, 0.3) is 0 Å². The minimum atomic E-state index is -0.383. The number of likely N-dealkylation sites (N-methyl/N-ethyl adjacent to an activating group) is 1. The third kappa shape index (κ3) is 3.30. The zero-order chi connectivity index (χ0) is 12.8. The summed E-state index contributed by atoms with van der Waals surface area (Å²) < 4.78 is 4.76. The van der Waals surface area contributed by atoms with Gasteiger partial charge in [-0.05, 0) is 30.5 Å². The maximum atomic E-state index is 11.5. The second-order valence-electron chi connectivity index (χ2n) is 4.22. The van der Waals surface area contributed by atoms with Gasteiger partial charge in [0.25, 0.3) is 0 Å². The molecule has 1 rings (SSSR count). The topological polar surface area (TPSA) is 38.3 Å². The molecular weight excluding hydrogens is 214 g/mol. The normalized spacial score (nSPS) is 14.1. The van der Waals surface area contributed by atoms with Crippen LogP contribution in [0.2, 0.25) is 0 Å². The van der Waals surface area contributed by atoms with E-state index in [9.17, 15) is 4.79 Å². The Balaban J connectivity index is 2.89. The van der Waals surface area contributed by atoms with Gasteiger partial charge in [-0.25, -0.2) is 4.79 Å². The molecule has 17 heavy (non-hydrogen) atoms. The number of rotatable bonds is 5.